The number of carbonyl (C=O) groups excluding carboxylic acids is 2. The first-order valence-corrected chi connectivity index (χ1v) is 7.54. The molecule has 0 unspecified atom stereocenters. The average molecular weight is 331 g/mol. The summed E-state index contributed by atoms with van der Waals surface area (Å²) in [6.07, 6.45) is -0.934. The fourth-order valence-corrected chi connectivity index (χ4v) is 2.51. The molecule has 0 saturated heterocycles. The Balaban J connectivity index is 1.69. The molecule has 2 aromatic rings. The predicted molar refractivity (Wildman–Crippen MR) is 88.9 cm³/mol. The minimum Gasteiger partial charge on any atom is -0.478 e. The molecule has 118 valence electrons. The molecule has 0 aliphatic carbocycles. The van der Waals surface area contributed by atoms with Crippen LogP contribution < -0.4 is 15.4 Å². The van der Waals surface area contributed by atoms with Gasteiger partial charge in [0.1, 0.15) is 5.75 Å². The molecule has 0 radical (unpaired) electrons. The largest absolute Gasteiger partial charge is 0.478 e. The van der Waals surface area contributed by atoms with Crippen LogP contribution in [-0.2, 0) is 9.59 Å². The van der Waals surface area contributed by atoms with Crippen molar-refractivity contribution in [3.63, 3.8) is 0 Å². The number of halogens is 1. The van der Waals surface area contributed by atoms with Crippen LogP contribution in [0.3, 0.4) is 0 Å². The maximum Gasteiger partial charge on any atom is 0.266 e. The highest BCUT2D eigenvalue weighted by Gasteiger charge is 2.29. The van der Waals surface area contributed by atoms with Crippen LogP contribution in [0.25, 0.3) is 0 Å². The van der Waals surface area contributed by atoms with Crippen LogP contribution in [0.15, 0.2) is 42.5 Å². The van der Waals surface area contributed by atoms with E-state index in [0.29, 0.717) is 22.1 Å². The van der Waals surface area contributed by atoms with Crippen molar-refractivity contribution in [3.8, 4) is 5.75 Å². The number of fused-ring (bicyclic) bond motifs is 1. The second-order valence-electron chi connectivity index (χ2n) is 5.26. The monoisotopic (exact) mass is 330 g/mol. The Kier molecular flexibility index (Phi) is 4.21. The second kappa shape index (κ2) is 6.30. The summed E-state index contributed by atoms with van der Waals surface area (Å²) in [4.78, 5) is 24.2. The fourth-order valence-electron chi connectivity index (χ4n) is 2.34. The standard InChI is InChI=1S/C17H15ClN2O3/c1-10-11(18)5-4-7-12(10)19-16(21)9-15-17(22)20-13-6-2-3-8-14(13)23-15/h2-8,15H,9H2,1H3,(H,19,21)(H,20,22)/t15-/m1/s1. The van der Waals surface area contributed by atoms with Gasteiger partial charge in [-0.1, -0.05) is 29.8 Å². The normalized spacial score (nSPS) is 16.1. The van der Waals surface area contributed by atoms with Gasteiger partial charge in [0.25, 0.3) is 5.91 Å². The molecular formula is C17H15ClN2O3. The Bertz CT molecular complexity index is 776. The Labute approximate surface area is 138 Å². The van der Waals surface area contributed by atoms with Crippen LogP contribution in [0, 0.1) is 6.92 Å². The first kappa shape index (κ1) is 15.4. The van der Waals surface area contributed by atoms with Gasteiger partial charge in [-0.25, -0.2) is 0 Å². The Morgan fingerprint density at radius 1 is 1.26 bits per heavy atom. The van der Waals surface area contributed by atoms with Crippen LogP contribution in [0.1, 0.15) is 12.0 Å². The number of rotatable bonds is 3. The highest BCUT2D eigenvalue weighted by atomic mass is 35.5. The molecule has 6 heteroatoms. The number of para-hydroxylation sites is 2. The van der Waals surface area contributed by atoms with Gasteiger partial charge in [-0.2, -0.15) is 0 Å². The molecule has 1 heterocycles. The van der Waals surface area contributed by atoms with Gasteiger partial charge >= 0.3 is 0 Å². The highest BCUT2D eigenvalue weighted by molar-refractivity contribution is 6.31. The van der Waals surface area contributed by atoms with E-state index in [-0.39, 0.29) is 18.2 Å². The number of nitrogens with one attached hydrogen (secondary N) is 2. The molecule has 0 saturated carbocycles. The number of carbonyl (C=O) groups is 2. The Morgan fingerprint density at radius 3 is 2.87 bits per heavy atom. The third-order valence-electron chi connectivity index (χ3n) is 3.62. The lowest BCUT2D eigenvalue weighted by atomic mass is 10.1. The SMILES string of the molecule is Cc1c(Cl)cccc1NC(=O)C[C@H]1Oc2ccccc2NC1=O. The maximum absolute atomic E-state index is 12.2. The average Bonchev–Trinajstić information content (AvgIpc) is 2.52. The van der Waals surface area contributed by atoms with E-state index < -0.39 is 6.10 Å². The van der Waals surface area contributed by atoms with Crippen molar-refractivity contribution in [2.45, 2.75) is 19.4 Å². The highest BCUT2D eigenvalue weighted by Crippen LogP contribution is 2.30. The number of ether oxygens (including phenoxy) is 1. The van der Waals surface area contributed by atoms with Crippen LogP contribution in [-0.4, -0.2) is 17.9 Å². The lowest BCUT2D eigenvalue weighted by Crippen LogP contribution is -2.39. The first-order chi connectivity index (χ1) is 11.0. The summed E-state index contributed by atoms with van der Waals surface area (Å²) in [7, 11) is 0. The topological polar surface area (TPSA) is 67.4 Å². The van der Waals surface area contributed by atoms with Crippen molar-refractivity contribution < 1.29 is 14.3 Å². The van der Waals surface area contributed by atoms with Gasteiger partial charge in [0.2, 0.25) is 5.91 Å². The molecule has 3 rings (SSSR count). The van der Waals surface area contributed by atoms with E-state index >= 15 is 0 Å². The molecule has 0 aromatic heterocycles. The van der Waals surface area contributed by atoms with Crippen molar-refractivity contribution in [1.82, 2.24) is 0 Å². The zero-order valence-electron chi connectivity index (χ0n) is 12.4. The first-order valence-electron chi connectivity index (χ1n) is 7.16. The van der Waals surface area contributed by atoms with Gasteiger partial charge in [0.05, 0.1) is 12.1 Å². The van der Waals surface area contributed by atoms with E-state index in [1.807, 2.05) is 13.0 Å². The van der Waals surface area contributed by atoms with E-state index in [1.54, 1.807) is 36.4 Å². The third kappa shape index (κ3) is 3.29. The zero-order chi connectivity index (χ0) is 16.4. The summed E-state index contributed by atoms with van der Waals surface area (Å²) in [6, 6.07) is 12.4. The lowest BCUT2D eigenvalue weighted by Gasteiger charge is -2.25. The summed E-state index contributed by atoms with van der Waals surface area (Å²) in [5.41, 5.74) is 2.01. The molecule has 1 atom stereocenters. The number of anilines is 2. The molecule has 2 N–H and O–H groups in total. The van der Waals surface area contributed by atoms with Gasteiger partial charge in [-0.05, 0) is 36.8 Å². The molecule has 0 spiro atoms. The van der Waals surface area contributed by atoms with Gasteiger partial charge in [-0.3, -0.25) is 9.59 Å². The van der Waals surface area contributed by atoms with Crippen molar-refractivity contribution in [2.24, 2.45) is 0 Å². The molecule has 0 fully saturated rings. The predicted octanol–water partition coefficient (Wildman–Crippen LogP) is 3.38. The number of benzene rings is 2. The van der Waals surface area contributed by atoms with Crippen molar-refractivity contribution >= 4 is 34.8 Å². The summed E-state index contributed by atoms with van der Waals surface area (Å²) in [5.74, 6) is -0.0830. The Morgan fingerprint density at radius 2 is 2.04 bits per heavy atom. The number of hydrogen-bond acceptors (Lipinski definition) is 3. The van der Waals surface area contributed by atoms with E-state index in [1.165, 1.54) is 0 Å². The van der Waals surface area contributed by atoms with Crippen molar-refractivity contribution in [3.05, 3.63) is 53.1 Å². The third-order valence-corrected chi connectivity index (χ3v) is 4.03. The molecule has 0 bridgehead atoms. The Hall–Kier alpha value is -2.53. The minimum atomic E-state index is -0.857. The number of hydrogen-bond donors (Lipinski definition) is 2. The summed E-state index contributed by atoms with van der Waals surface area (Å²) in [6.45, 7) is 1.82. The minimum absolute atomic E-state index is 0.0773. The van der Waals surface area contributed by atoms with E-state index in [0.717, 1.165) is 5.56 Å². The molecule has 23 heavy (non-hydrogen) atoms. The summed E-state index contributed by atoms with van der Waals surface area (Å²) >= 11 is 6.03. The quantitative estimate of drug-likeness (QED) is 0.906. The fraction of sp³-hybridized carbons (Fsp3) is 0.176. The molecule has 2 amide bonds. The molecule has 5 nitrogen and oxygen atoms in total. The zero-order valence-corrected chi connectivity index (χ0v) is 13.2. The van der Waals surface area contributed by atoms with Gasteiger partial charge < -0.3 is 15.4 Å². The molecule has 1 aliphatic rings. The molecule has 2 aromatic carbocycles. The van der Waals surface area contributed by atoms with Crippen LogP contribution in [0.4, 0.5) is 11.4 Å². The van der Waals surface area contributed by atoms with Gasteiger partial charge in [-0.15, -0.1) is 0 Å². The molecule has 1 aliphatic heterocycles. The summed E-state index contributed by atoms with van der Waals surface area (Å²) in [5, 5.41) is 6.07. The number of amides is 2. The van der Waals surface area contributed by atoms with Crippen LogP contribution in [0.5, 0.6) is 5.75 Å². The second-order valence-corrected chi connectivity index (χ2v) is 5.66. The van der Waals surface area contributed by atoms with E-state index in [4.69, 9.17) is 16.3 Å². The van der Waals surface area contributed by atoms with E-state index in [2.05, 4.69) is 10.6 Å². The van der Waals surface area contributed by atoms with Crippen molar-refractivity contribution in [1.29, 1.82) is 0 Å². The van der Waals surface area contributed by atoms with E-state index in [9.17, 15) is 9.59 Å². The lowest BCUT2D eigenvalue weighted by molar-refractivity contribution is -0.128. The van der Waals surface area contributed by atoms with Crippen LogP contribution in [0.2, 0.25) is 5.02 Å². The van der Waals surface area contributed by atoms with Crippen LogP contribution >= 0.6 is 11.6 Å². The van der Waals surface area contributed by atoms with Gasteiger partial charge in [0, 0.05) is 10.7 Å². The van der Waals surface area contributed by atoms with Crippen molar-refractivity contribution in [2.75, 3.05) is 10.6 Å². The maximum atomic E-state index is 12.2. The summed E-state index contributed by atoms with van der Waals surface area (Å²) < 4.78 is 5.61. The molecular weight excluding hydrogens is 316 g/mol. The smallest absolute Gasteiger partial charge is 0.266 e. The van der Waals surface area contributed by atoms with Gasteiger partial charge in [0.15, 0.2) is 6.10 Å².